The second-order valence-electron chi connectivity index (χ2n) is 6.13. The zero-order valence-corrected chi connectivity index (χ0v) is 17.1. The molecule has 136 valence electrons. The maximum Gasteiger partial charge on any atom is 0.196 e. The Bertz CT molecular complexity index is 843. The molecule has 3 aromatic rings. The molecule has 0 bridgehead atoms. The first-order chi connectivity index (χ1) is 12.6. The summed E-state index contributed by atoms with van der Waals surface area (Å²) in [7, 11) is 0. The van der Waals surface area contributed by atoms with Crippen LogP contribution in [0.25, 0.3) is 5.69 Å². The van der Waals surface area contributed by atoms with E-state index in [0.717, 1.165) is 39.6 Å². The average molecular weight is 386 g/mol. The van der Waals surface area contributed by atoms with E-state index in [1.807, 2.05) is 38.1 Å². The van der Waals surface area contributed by atoms with Gasteiger partial charge >= 0.3 is 0 Å². The quantitative estimate of drug-likeness (QED) is 0.428. The van der Waals surface area contributed by atoms with Crippen LogP contribution in [0.1, 0.15) is 37.5 Å². The van der Waals surface area contributed by atoms with E-state index >= 15 is 0 Å². The predicted molar refractivity (Wildman–Crippen MR) is 108 cm³/mol. The van der Waals surface area contributed by atoms with E-state index in [4.69, 9.17) is 0 Å². The third-order valence-corrected chi connectivity index (χ3v) is 5.94. The van der Waals surface area contributed by atoms with Crippen molar-refractivity contribution in [1.82, 2.24) is 24.7 Å². The van der Waals surface area contributed by atoms with Crippen molar-refractivity contribution in [3.05, 3.63) is 53.6 Å². The van der Waals surface area contributed by atoms with Gasteiger partial charge in [0.2, 0.25) is 0 Å². The molecule has 26 heavy (non-hydrogen) atoms. The summed E-state index contributed by atoms with van der Waals surface area (Å²) in [5.41, 5.74) is 3.05. The van der Waals surface area contributed by atoms with Crippen LogP contribution in [0.4, 0.5) is 0 Å². The molecule has 3 rings (SSSR count). The molecule has 0 amide bonds. The second-order valence-corrected chi connectivity index (χ2v) is 8.48. The fourth-order valence-electron chi connectivity index (χ4n) is 2.46. The van der Waals surface area contributed by atoms with Crippen molar-refractivity contribution < 1.29 is 0 Å². The van der Waals surface area contributed by atoms with Crippen LogP contribution >= 0.6 is 23.5 Å². The monoisotopic (exact) mass is 385 g/mol. The predicted octanol–water partition coefficient (Wildman–Crippen LogP) is 4.86. The Morgan fingerprint density at radius 3 is 2.38 bits per heavy atom. The maximum absolute atomic E-state index is 4.51. The van der Waals surface area contributed by atoms with E-state index in [2.05, 4.69) is 50.7 Å². The van der Waals surface area contributed by atoms with Crippen molar-refractivity contribution in [2.45, 2.75) is 55.4 Å². The number of benzene rings is 1. The molecule has 0 fully saturated rings. The van der Waals surface area contributed by atoms with Crippen LogP contribution in [0.3, 0.4) is 0 Å². The van der Waals surface area contributed by atoms with Crippen LogP contribution < -0.4 is 0 Å². The standard InChI is InChI=1S/C19H23N5S2/c1-5-15(4)26-19-23-22-17(24(19)16-9-7-6-8-10-16)12-25-18-20-13(2)11-14(3)21-18/h6-11,15H,5,12H2,1-4H3/t15-/m1/s1. The van der Waals surface area contributed by atoms with Gasteiger partial charge in [-0.2, -0.15) is 0 Å². The minimum atomic E-state index is 0.491. The van der Waals surface area contributed by atoms with Crippen molar-refractivity contribution in [2.75, 3.05) is 0 Å². The van der Waals surface area contributed by atoms with Gasteiger partial charge in [-0.05, 0) is 38.5 Å². The molecule has 2 aromatic heterocycles. The fourth-order valence-corrected chi connectivity index (χ4v) is 4.25. The summed E-state index contributed by atoms with van der Waals surface area (Å²) in [4.78, 5) is 9.02. The molecule has 1 atom stereocenters. The Kier molecular flexibility index (Phi) is 6.32. The lowest BCUT2D eigenvalue weighted by Gasteiger charge is -2.12. The van der Waals surface area contributed by atoms with Gasteiger partial charge in [0.15, 0.2) is 10.3 Å². The number of aromatic nitrogens is 5. The summed E-state index contributed by atoms with van der Waals surface area (Å²) in [5, 5.41) is 11.1. The molecule has 0 saturated heterocycles. The smallest absolute Gasteiger partial charge is 0.196 e. The van der Waals surface area contributed by atoms with Crippen molar-refractivity contribution >= 4 is 23.5 Å². The van der Waals surface area contributed by atoms with E-state index in [0.29, 0.717) is 11.0 Å². The second kappa shape index (κ2) is 8.68. The molecule has 0 radical (unpaired) electrons. The molecule has 0 spiro atoms. The minimum absolute atomic E-state index is 0.491. The Morgan fingerprint density at radius 1 is 1.04 bits per heavy atom. The van der Waals surface area contributed by atoms with Crippen LogP contribution in [-0.4, -0.2) is 30.0 Å². The van der Waals surface area contributed by atoms with E-state index in [-0.39, 0.29) is 0 Å². The first-order valence-corrected chi connectivity index (χ1v) is 10.5. The summed E-state index contributed by atoms with van der Waals surface area (Å²) in [6, 6.07) is 12.3. The first kappa shape index (κ1) is 18.9. The molecule has 7 heteroatoms. The number of hydrogen-bond donors (Lipinski definition) is 0. The third-order valence-electron chi connectivity index (χ3n) is 3.89. The number of hydrogen-bond acceptors (Lipinski definition) is 6. The molecular weight excluding hydrogens is 362 g/mol. The fraction of sp³-hybridized carbons (Fsp3) is 0.368. The summed E-state index contributed by atoms with van der Waals surface area (Å²) in [6.45, 7) is 8.39. The van der Waals surface area contributed by atoms with Gasteiger partial charge in [0.05, 0.1) is 5.75 Å². The number of nitrogens with zero attached hydrogens (tertiary/aromatic N) is 5. The molecule has 1 aromatic carbocycles. The SMILES string of the molecule is CC[C@@H](C)Sc1nnc(CSc2nc(C)cc(C)n2)n1-c1ccccc1. The highest BCUT2D eigenvalue weighted by atomic mass is 32.2. The van der Waals surface area contributed by atoms with Gasteiger partial charge in [0.1, 0.15) is 5.82 Å². The Labute approximate surface area is 163 Å². The molecule has 0 aliphatic heterocycles. The van der Waals surface area contributed by atoms with Crippen molar-refractivity contribution in [1.29, 1.82) is 0 Å². The highest BCUT2D eigenvalue weighted by Gasteiger charge is 2.17. The lowest BCUT2D eigenvalue weighted by atomic mass is 10.3. The summed E-state index contributed by atoms with van der Waals surface area (Å²) in [6.07, 6.45) is 1.09. The van der Waals surface area contributed by atoms with E-state index in [1.165, 1.54) is 0 Å². The third kappa shape index (κ3) is 4.65. The average Bonchev–Trinajstić information content (AvgIpc) is 3.02. The lowest BCUT2D eigenvalue weighted by Crippen LogP contribution is -2.04. The normalized spacial score (nSPS) is 12.3. The van der Waals surface area contributed by atoms with Gasteiger partial charge in [0.25, 0.3) is 0 Å². The zero-order chi connectivity index (χ0) is 18.5. The molecule has 0 aliphatic carbocycles. The molecular formula is C19H23N5S2. The van der Waals surface area contributed by atoms with Gasteiger partial charge in [-0.3, -0.25) is 4.57 Å². The van der Waals surface area contributed by atoms with Crippen LogP contribution in [-0.2, 0) is 5.75 Å². The first-order valence-electron chi connectivity index (χ1n) is 8.68. The molecule has 0 saturated carbocycles. The molecule has 0 unspecified atom stereocenters. The largest absolute Gasteiger partial charge is 0.273 e. The lowest BCUT2D eigenvalue weighted by molar-refractivity contribution is 0.840. The molecule has 5 nitrogen and oxygen atoms in total. The topological polar surface area (TPSA) is 56.5 Å². The van der Waals surface area contributed by atoms with Crippen LogP contribution in [0.15, 0.2) is 46.7 Å². The van der Waals surface area contributed by atoms with E-state index in [9.17, 15) is 0 Å². The molecule has 0 aliphatic rings. The minimum Gasteiger partial charge on any atom is -0.273 e. The van der Waals surface area contributed by atoms with Gasteiger partial charge in [-0.1, -0.05) is 55.6 Å². The van der Waals surface area contributed by atoms with Gasteiger partial charge in [-0.25, -0.2) is 9.97 Å². The maximum atomic E-state index is 4.51. The van der Waals surface area contributed by atoms with E-state index < -0.39 is 0 Å². The summed E-state index contributed by atoms with van der Waals surface area (Å²) >= 11 is 3.36. The zero-order valence-electron chi connectivity index (χ0n) is 15.5. The number of rotatable bonds is 7. The Morgan fingerprint density at radius 2 is 1.73 bits per heavy atom. The Balaban J connectivity index is 1.88. The number of aryl methyl sites for hydroxylation is 2. The van der Waals surface area contributed by atoms with Gasteiger partial charge in [-0.15, -0.1) is 10.2 Å². The van der Waals surface area contributed by atoms with Crippen LogP contribution in [0, 0.1) is 13.8 Å². The number of thioether (sulfide) groups is 2. The number of para-hydroxylation sites is 1. The van der Waals surface area contributed by atoms with E-state index in [1.54, 1.807) is 23.5 Å². The summed E-state index contributed by atoms with van der Waals surface area (Å²) in [5.74, 6) is 1.58. The van der Waals surface area contributed by atoms with Crippen molar-refractivity contribution in [2.24, 2.45) is 0 Å². The molecule has 0 N–H and O–H groups in total. The van der Waals surface area contributed by atoms with Crippen LogP contribution in [0.2, 0.25) is 0 Å². The summed E-state index contributed by atoms with van der Waals surface area (Å²) < 4.78 is 2.15. The van der Waals surface area contributed by atoms with Crippen LogP contribution in [0.5, 0.6) is 0 Å². The molecule has 2 heterocycles. The van der Waals surface area contributed by atoms with Gasteiger partial charge in [0, 0.05) is 22.3 Å². The Hall–Kier alpha value is -1.86. The highest BCUT2D eigenvalue weighted by molar-refractivity contribution is 7.99. The van der Waals surface area contributed by atoms with Gasteiger partial charge < -0.3 is 0 Å². The van der Waals surface area contributed by atoms with Crippen molar-refractivity contribution in [3.8, 4) is 5.69 Å². The highest BCUT2D eigenvalue weighted by Crippen LogP contribution is 2.29. The van der Waals surface area contributed by atoms with Crippen molar-refractivity contribution in [3.63, 3.8) is 0 Å².